The average molecular weight is 280 g/mol. The third kappa shape index (κ3) is 2.49. The summed E-state index contributed by atoms with van der Waals surface area (Å²) in [7, 11) is 0. The van der Waals surface area contributed by atoms with Gasteiger partial charge in [0.1, 0.15) is 0 Å². The number of aromatic nitrogens is 1. The minimum atomic E-state index is -0.373. The summed E-state index contributed by atoms with van der Waals surface area (Å²) < 4.78 is 0. The van der Waals surface area contributed by atoms with Gasteiger partial charge in [-0.05, 0) is 68.4 Å². The molecule has 21 heavy (non-hydrogen) atoms. The van der Waals surface area contributed by atoms with Gasteiger partial charge in [0.15, 0.2) is 0 Å². The van der Waals surface area contributed by atoms with Gasteiger partial charge in [-0.15, -0.1) is 0 Å². The molecule has 1 heterocycles. The van der Waals surface area contributed by atoms with E-state index in [1.807, 2.05) is 12.3 Å². The second-order valence-corrected chi connectivity index (χ2v) is 6.57. The fourth-order valence-electron chi connectivity index (χ4n) is 3.47. The summed E-state index contributed by atoms with van der Waals surface area (Å²) in [6, 6.07) is 10.8. The Hall–Kier alpha value is -1.67. The highest BCUT2D eigenvalue weighted by atomic mass is 14.8. The maximum Gasteiger partial charge on any atom is 0.0488 e. The van der Waals surface area contributed by atoms with Crippen LogP contribution in [0.5, 0.6) is 0 Å². The lowest BCUT2D eigenvalue weighted by molar-refractivity contribution is 0.341. The molecule has 2 atom stereocenters. The molecule has 2 heteroatoms. The Bertz CT molecular complexity index is 658. The van der Waals surface area contributed by atoms with Gasteiger partial charge in [-0.25, -0.2) is 0 Å². The van der Waals surface area contributed by atoms with Crippen LogP contribution in [0.4, 0.5) is 0 Å². The van der Waals surface area contributed by atoms with Crippen LogP contribution in [-0.4, -0.2) is 4.98 Å². The van der Waals surface area contributed by atoms with Crippen LogP contribution < -0.4 is 5.73 Å². The molecule has 0 spiro atoms. The Morgan fingerprint density at radius 3 is 2.76 bits per heavy atom. The number of fused-ring (bicyclic) bond motifs is 1. The van der Waals surface area contributed by atoms with Crippen LogP contribution in [0.25, 0.3) is 0 Å². The van der Waals surface area contributed by atoms with Gasteiger partial charge in [-0.2, -0.15) is 0 Å². The maximum atomic E-state index is 6.81. The zero-order valence-corrected chi connectivity index (χ0v) is 13.2. The topological polar surface area (TPSA) is 38.9 Å². The highest BCUT2D eigenvalue weighted by Gasteiger charge is 2.36. The van der Waals surface area contributed by atoms with Crippen molar-refractivity contribution >= 4 is 0 Å². The van der Waals surface area contributed by atoms with Gasteiger partial charge in [-0.1, -0.05) is 24.3 Å². The molecule has 1 aromatic carbocycles. The maximum absolute atomic E-state index is 6.81. The molecule has 1 aliphatic carbocycles. The molecular weight excluding hydrogens is 256 g/mol. The molecule has 1 aromatic heterocycles. The zero-order chi connectivity index (χ0) is 15.0. The summed E-state index contributed by atoms with van der Waals surface area (Å²) in [5, 5.41) is 0. The van der Waals surface area contributed by atoms with E-state index >= 15 is 0 Å². The fourth-order valence-corrected chi connectivity index (χ4v) is 3.47. The van der Waals surface area contributed by atoms with Crippen molar-refractivity contribution in [2.24, 2.45) is 5.73 Å². The first-order valence-corrected chi connectivity index (χ1v) is 7.80. The molecule has 110 valence electrons. The molecule has 2 aromatic rings. The van der Waals surface area contributed by atoms with Crippen LogP contribution in [0.15, 0.2) is 36.5 Å². The summed E-state index contributed by atoms with van der Waals surface area (Å²) in [6.45, 7) is 6.46. The van der Waals surface area contributed by atoms with E-state index in [0.717, 1.165) is 12.8 Å². The molecule has 2 unspecified atom stereocenters. The smallest absolute Gasteiger partial charge is 0.0488 e. The van der Waals surface area contributed by atoms with Crippen molar-refractivity contribution in [3.63, 3.8) is 0 Å². The third-order valence-electron chi connectivity index (χ3n) is 5.05. The summed E-state index contributed by atoms with van der Waals surface area (Å²) in [4.78, 5) is 4.65. The van der Waals surface area contributed by atoms with E-state index in [9.17, 15) is 0 Å². The van der Waals surface area contributed by atoms with E-state index in [2.05, 4.69) is 50.0 Å². The molecule has 0 bridgehead atoms. The van der Waals surface area contributed by atoms with Gasteiger partial charge in [0.05, 0.1) is 0 Å². The molecule has 0 saturated carbocycles. The number of benzene rings is 1. The number of aryl methyl sites for hydroxylation is 3. The molecule has 0 saturated heterocycles. The number of nitrogens with two attached hydrogens (primary N) is 1. The quantitative estimate of drug-likeness (QED) is 0.903. The molecule has 0 aliphatic heterocycles. The van der Waals surface area contributed by atoms with E-state index in [-0.39, 0.29) is 5.54 Å². The van der Waals surface area contributed by atoms with E-state index in [4.69, 9.17) is 5.73 Å². The molecule has 1 aliphatic rings. The third-order valence-corrected chi connectivity index (χ3v) is 5.05. The molecule has 0 amide bonds. The van der Waals surface area contributed by atoms with E-state index in [1.54, 1.807) is 0 Å². The van der Waals surface area contributed by atoms with E-state index < -0.39 is 0 Å². The Morgan fingerprint density at radius 1 is 1.19 bits per heavy atom. The van der Waals surface area contributed by atoms with Crippen LogP contribution in [0.2, 0.25) is 0 Å². The lowest BCUT2D eigenvalue weighted by Crippen LogP contribution is -2.41. The fraction of sp³-hybridized carbons (Fsp3) is 0.421. The van der Waals surface area contributed by atoms with Gasteiger partial charge in [-0.3, -0.25) is 4.98 Å². The van der Waals surface area contributed by atoms with Gasteiger partial charge < -0.3 is 5.73 Å². The summed E-state index contributed by atoms with van der Waals surface area (Å²) in [5.41, 5.74) is 12.8. The predicted molar refractivity (Wildman–Crippen MR) is 87.4 cm³/mol. The van der Waals surface area contributed by atoms with Gasteiger partial charge in [0.25, 0.3) is 0 Å². The Morgan fingerprint density at radius 2 is 2.00 bits per heavy atom. The molecular formula is C19H24N2. The molecule has 2 nitrogen and oxygen atoms in total. The van der Waals surface area contributed by atoms with Crippen molar-refractivity contribution in [2.75, 3.05) is 0 Å². The number of hydrogen-bond acceptors (Lipinski definition) is 2. The van der Waals surface area contributed by atoms with Gasteiger partial charge in [0, 0.05) is 23.3 Å². The Kier molecular flexibility index (Phi) is 3.58. The standard InChI is InChI=1S/C19H24N2/c1-13-9-10-16(12-14(13)2)19(3,20)17-8-4-6-15-7-5-11-21-18(15)17/h5,7,9-12,17H,4,6,8,20H2,1-3H3. The minimum absolute atomic E-state index is 0.296. The second-order valence-electron chi connectivity index (χ2n) is 6.57. The van der Waals surface area contributed by atoms with Crippen molar-refractivity contribution in [1.29, 1.82) is 0 Å². The van der Waals surface area contributed by atoms with Crippen LogP contribution in [0, 0.1) is 13.8 Å². The lowest BCUT2D eigenvalue weighted by Gasteiger charge is -2.38. The number of pyridine rings is 1. The average Bonchev–Trinajstić information content (AvgIpc) is 2.49. The summed E-state index contributed by atoms with van der Waals surface area (Å²) in [6.07, 6.45) is 5.33. The largest absolute Gasteiger partial charge is 0.321 e. The molecule has 0 radical (unpaired) electrons. The summed E-state index contributed by atoms with van der Waals surface area (Å²) in [5.74, 6) is 0.296. The van der Waals surface area contributed by atoms with E-state index in [0.29, 0.717) is 5.92 Å². The highest BCUT2D eigenvalue weighted by Crippen LogP contribution is 2.41. The summed E-state index contributed by atoms with van der Waals surface area (Å²) >= 11 is 0. The van der Waals surface area contributed by atoms with Gasteiger partial charge in [0.2, 0.25) is 0 Å². The number of nitrogens with zero attached hydrogens (tertiary/aromatic N) is 1. The lowest BCUT2D eigenvalue weighted by atomic mass is 9.71. The van der Waals surface area contributed by atoms with Crippen LogP contribution in [0.3, 0.4) is 0 Å². The van der Waals surface area contributed by atoms with Crippen molar-refractivity contribution < 1.29 is 0 Å². The van der Waals surface area contributed by atoms with Crippen LogP contribution in [-0.2, 0) is 12.0 Å². The van der Waals surface area contributed by atoms with Crippen LogP contribution >= 0.6 is 0 Å². The number of hydrogen-bond donors (Lipinski definition) is 1. The van der Waals surface area contributed by atoms with E-state index in [1.165, 1.54) is 34.4 Å². The van der Waals surface area contributed by atoms with Crippen molar-refractivity contribution in [1.82, 2.24) is 4.98 Å². The molecule has 3 rings (SSSR count). The first kappa shape index (κ1) is 14.3. The monoisotopic (exact) mass is 280 g/mol. The zero-order valence-electron chi connectivity index (χ0n) is 13.2. The SMILES string of the molecule is Cc1ccc(C(C)(N)C2CCCc3cccnc32)cc1C. The first-order chi connectivity index (χ1) is 10.00. The van der Waals surface area contributed by atoms with Crippen molar-refractivity contribution in [3.8, 4) is 0 Å². The Balaban J connectivity index is 2.04. The number of rotatable bonds is 2. The van der Waals surface area contributed by atoms with Gasteiger partial charge >= 0.3 is 0 Å². The highest BCUT2D eigenvalue weighted by molar-refractivity contribution is 5.38. The first-order valence-electron chi connectivity index (χ1n) is 7.80. The Labute approximate surface area is 127 Å². The van der Waals surface area contributed by atoms with Crippen molar-refractivity contribution in [3.05, 3.63) is 64.5 Å². The van der Waals surface area contributed by atoms with Crippen molar-refractivity contribution in [2.45, 2.75) is 51.5 Å². The molecule has 2 N–H and O–H groups in total. The van der Waals surface area contributed by atoms with Crippen LogP contribution in [0.1, 0.15) is 53.6 Å². The normalized spacial score (nSPS) is 20.7. The molecule has 0 fully saturated rings. The minimum Gasteiger partial charge on any atom is -0.321 e. The predicted octanol–water partition coefficient (Wildman–Crippen LogP) is 3.99. The second kappa shape index (κ2) is 5.27.